The van der Waals surface area contributed by atoms with Crippen molar-refractivity contribution in [2.24, 2.45) is 0 Å². The number of para-hydroxylation sites is 2. The lowest BCUT2D eigenvalue weighted by Crippen LogP contribution is -2.09. The van der Waals surface area contributed by atoms with E-state index in [0.717, 1.165) is 66.8 Å². The molecule has 268 valence electrons. The van der Waals surface area contributed by atoms with Crippen LogP contribution in [0.3, 0.4) is 0 Å². The van der Waals surface area contributed by atoms with Gasteiger partial charge in [0.25, 0.3) is 0 Å². The van der Waals surface area contributed by atoms with Crippen molar-refractivity contribution in [3.05, 3.63) is 194 Å². The second-order valence-electron chi connectivity index (χ2n) is 14.0. The van der Waals surface area contributed by atoms with Crippen LogP contribution >= 0.6 is 11.3 Å². The molecule has 0 aliphatic carbocycles. The van der Waals surface area contributed by atoms with Gasteiger partial charge in [-0.15, -0.1) is 11.3 Å². The Kier molecular flexibility index (Phi) is 7.93. The molecular formula is C51H32N4OS. The van der Waals surface area contributed by atoms with E-state index >= 15 is 0 Å². The summed E-state index contributed by atoms with van der Waals surface area (Å²) in [6, 6.07) is 67.4. The summed E-state index contributed by atoms with van der Waals surface area (Å²) >= 11 is 1.84. The molecule has 6 heteroatoms. The standard InChI is InChI=1S/C51H32N4OS/c1-4-14-34(15-5-1)49-52-50(35-16-6-2-7-17-35)54-51(53-49)36-28-31-40-42-22-12-21-39(47(42)56-45(40)32-36)33-26-29-38(30-27-33)55(37-18-8-3-9-19-37)44-24-13-23-43-41-20-10-11-25-46(41)57-48(43)44/h1-32H. The zero-order chi connectivity index (χ0) is 37.7. The summed E-state index contributed by atoms with van der Waals surface area (Å²) in [6.07, 6.45) is 0. The molecule has 0 amide bonds. The Morgan fingerprint density at radius 1 is 0.404 bits per heavy atom. The van der Waals surface area contributed by atoms with Crippen LogP contribution in [-0.4, -0.2) is 15.0 Å². The first-order valence-corrected chi connectivity index (χ1v) is 19.8. The van der Waals surface area contributed by atoms with Crippen molar-refractivity contribution in [2.45, 2.75) is 0 Å². The van der Waals surface area contributed by atoms with E-state index in [0.29, 0.717) is 17.5 Å². The van der Waals surface area contributed by atoms with Crippen LogP contribution in [0.15, 0.2) is 199 Å². The molecule has 0 saturated carbocycles. The van der Waals surface area contributed by atoms with Crippen LogP contribution in [0.2, 0.25) is 0 Å². The van der Waals surface area contributed by atoms with E-state index < -0.39 is 0 Å². The van der Waals surface area contributed by atoms with E-state index in [1.54, 1.807) is 0 Å². The van der Waals surface area contributed by atoms with Crippen molar-refractivity contribution in [3.63, 3.8) is 0 Å². The molecule has 57 heavy (non-hydrogen) atoms. The van der Waals surface area contributed by atoms with Crippen molar-refractivity contribution < 1.29 is 4.42 Å². The number of hydrogen-bond acceptors (Lipinski definition) is 6. The maximum absolute atomic E-state index is 6.74. The first-order chi connectivity index (χ1) is 28.2. The minimum atomic E-state index is 0.593. The normalized spacial score (nSPS) is 11.5. The Bertz CT molecular complexity index is 3170. The van der Waals surface area contributed by atoms with Crippen LogP contribution < -0.4 is 4.90 Å². The number of aromatic nitrogens is 3. The molecule has 0 aliphatic rings. The predicted molar refractivity (Wildman–Crippen MR) is 236 cm³/mol. The lowest BCUT2D eigenvalue weighted by molar-refractivity contribution is 0.670. The zero-order valence-corrected chi connectivity index (χ0v) is 31.4. The third kappa shape index (κ3) is 5.82. The first kappa shape index (κ1) is 33.0. The highest BCUT2D eigenvalue weighted by molar-refractivity contribution is 7.26. The van der Waals surface area contributed by atoms with Crippen molar-refractivity contribution in [3.8, 4) is 45.3 Å². The lowest BCUT2D eigenvalue weighted by Gasteiger charge is -2.26. The summed E-state index contributed by atoms with van der Waals surface area (Å²) in [6.45, 7) is 0. The predicted octanol–water partition coefficient (Wildman–Crippen LogP) is 14.3. The Morgan fingerprint density at radius 2 is 0.965 bits per heavy atom. The Labute approximate surface area is 332 Å². The van der Waals surface area contributed by atoms with Crippen molar-refractivity contribution in [2.75, 3.05) is 4.90 Å². The number of thiophene rings is 1. The molecule has 0 radical (unpaired) electrons. The molecule has 0 aliphatic heterocycles. The summed E-state index contributed by atoms with van der Waals surface area (Å²) in [4.78, 5) is 17.1. The van der Waals surface area contributed by atoms with Gasteiger partial charge in [0.15, 0.2) is 17.5 Å². The van der Waals surface area contributed by atoms with E-state index in [9.17, 15) is 0 Å². The van der Waals surface area contributed by atoms with Gasteiger partial charge in [-0.1, -0.05) is 146 Å². The molecule has 0 unspecified atom stereocenters. The van der Waals surface area contributed by atoms with Gasteiger partial charge in [-0.05, 0) is 54.1 Å². The summed E-state index contributed by atoms with van der Waals surface area (Å²) in [7, 11) is 0. The molecule has 8 aromatic carbocycles. The first-order valence-electron chi connectivity index (χ1n) is 18.9. The number of rotatable bonds is 7. The van der Waals surface area contributed by atoms with Gasteiger partial charge in [-0.25, -0.2) is 15.0 Å². The number of nitrogens with zero attached hydrogens (tertiary/aromatic N) is 4. The maximum Gasteiger partial charge on any atom is 0.164 e. The number of anilines is 3. The van der Waals surface area contributed by atoms with Crippen LogP contribution in [0, 0.1) is 0 Å². The van der Waals surface area contributed by atoms with Gasteiger partial charge in [0.1, 0.15) is 11.2 Å². The molecule has 0 bridgehead atoms. The van der Waals surface area contributed by atoms with Crippen LogP contribution in [-0.2, 0) is 0 Å². The van der Waals surface area contributed by atoms with Gasteiger partial charge in [-0.3, -0.25) is 0 Å². The molecule has 3 heterocycles. The smallest absolute Gasteiger partial charge is 0.164 e. The van der Waals surface area contributed by atoms with Crippen molar-refractivity contribution in [1.82, 2.24) is 15.0 Å². The molecule has 0 atom stereocenters. The molecule has 3 aromatic heterocycles. The highest BCUT2D eigenvalue weighted by Crippen LogP contribution is 2.45. The van der Waals surface area contributed by atoms with Gasteiger partial charge < -0.3 is 9.32 Å². The third-order valence-corrected chi connectivity index (χ3v) is 11.7. The van der Waals surface area contributed by atoms with Crippen LogP contribution in [0.25, 0.3) is 87.4 Å². The molecule has 5 nitrogen and oxygen atoms in total. The number of furan rings is 1. The Hall–Kier alpha value is -7.41. The maximum atomic E-state index is 6.74. The summed E-state index contributed by atoms with van der Waals surface area (Å²) in [5, 5.41) is 4.66. The van der Waals surface area contributed by atoms with E-state index in [4.69, 9.17) is 19.4 Å². The van der Waals surface area contributed by atoms with E-state index in [1.165, 1.54) is 20.2 Å². The van der Waals surface area contributed by atoms with E-state index in [1.807, 2.05) is 78.1 Å². The average Bonchev–Trinajstić information content (AvgIpc) is 3.86. The van der Waals surface area contributed by atoms with E-state index in [-0.39, 0.29) is 0 Å². The Balaban J connectivity index is 0.995. The quantitative estimate of drug-likeness (QED) is 0.162. The topological polar surface area (TPSA) is 55.1 Å². The fourth-order valence-corrected chi connectivity index (χ4v) is 9.01. The fourth-order valence-electron chi connectivity index (χ4n) is 7.81. The zero-order valence-electron chi connectivity index (χ0n) is 30.6. The monoisotopic (exact) mass is 748 g/mol. The van der Waals surface area contributed by atoms with Gasteiger partial charge >= 0.3 is 0 Å². The van der Waals surface area contributed by atoms with Crippen LogP contribution in [0.4, 0.5) is 17.1 Å². The van der Waals surface area contributed by atoms with Crippen LogP contribution in [0.1, 0.15) is 0 Å². The van der Waals surface area contributed by atoms with Gasteiger partial charge in [0, 0.05) is 59.9 Å². The SMILES string of the molecule is c1ccc(-c2nc(-c3ccccc3)nc(-c3ccc4c(c3)oc3c(-c5ccc(N(c6ccccc6)c6cccc7c6sc6ccccc67)cc5)cccc34)n2)cc1. The van der Waals surface area contributed by atoms with Gasteiger partial charge in [-0.2, -0.15) is 0 Å². The molecule has 0 fully saturated rings. The van der Waals surface area contributed by atoms with Gasteiger partial charge in [0.05, 0.1) is 10.4 Å². The molecule has 11 rings (SSSR count). The third-order valence-electron chi connectivity index (χ3n) is 10.5. The highest BCUT2D eigenvalue weighted by atomic mass is 32.1. The van der Waals surface area contributed by atoms with E-state index in [2.05, 4.69) is 132 Å². The van der Waals surface area contributed by atoms with Crippen molar-refractivity contribution in [1.29, 1.82) is 0 Å². The molecule has 0 N–H and O–H groups in total. The number of hydrogen-bond donors (Lipinski definition) is 0. The Morgan fingerprint density at radius 3 is 1.68 bits per heavy atom. The second-order valence-corrected chi connectivity index (χ2v) is 15.1. The fraction of sp³-hybridized carbons (Fsp3) is 0. The summed E-state index contributed by atoms with van der Waals surface area (Å²) in [5.74, 6) is 1.85. The minimum Gasteiger partial charge on any atom is -0.455 e. The van der Waals surface area contributed by atoms with Crippen LogP contribution in [0.5, 0.6) is 0 Å². The minimum absolute atomic E-state index is 0.593. The molecular weight excluding hydrogens is 717 g/mol. The average molecular weight is 749 g/mol. The highest BCUT2D eigenvalue weighted by Gasteiger charge is 2.20. The second kappa shape index (κ2) is 13.7. The van der Waals surface area contributed by atoms with Gasteiger partial charge in [0.2, 0.25) is 0 Å². The summed E-state index contributed by atoms with van der Waals surface area (Å²) in [5.41, 5.74) is 9.81. The van der Waals surface area contributed by atoms with Crippen molar-refractivity contribution >= 4 is 70.5 Å². The number of fused-ring (bicyclic) bond motifs is 6. The molecule has 0 saturated heterocycles. The lowest BCUT2D eigenvalue weighted by atomic mass is 10.0. The molecule has 11 aromatic rings. The largest absolute Gasteiger partial charge is 0.455 e. The molecule has 0 spiro atoms. The number of benzene rings is 8. The summed E-state index contributed by atoms with van der Waals surface area (Å²) < 4.78 is 9.30.